The Morgan fingerprint density at radius 3 is 2.63 bits per heavy atom. The van der Waals surface area contributed by atoms with E-state index in [1.54, 1.807) is 4.68 Å². The van der Waals surface area contributed by atoms with Crippen molar-refractivity contribution < 1.29 is 8.42 Å². The van der Waals surface area contributed by atoms with Crippen LogP contribution in [0.3, 0.4) is 0 Å². The molecule has 108 valence electrons. The van der Waals surface area contributed by atoms with E-state index in [0.717, 1.165) is 31.9 Å². The molecule has 1 fully saturated rings. The van der Waals surface area contributed by atoms with E-state index >= 15 is 0 Å². The molecule has 0 aromatic carbocycles. The molecule has 0 atom stereocenters. The van der Waals surface area contributed by atoms with Gasteiger partial charge in [0.1, 0.15) is 4.90 Å². The summed E-state index contributed by atoms with van der Waals surface area (Å²) in [6, 6.07) is 0. The Kier molecular flexibility index (Phi) is 4.59. The fraction of sp³-hybridized carbons (Fsp3) is 0.750. The topological polar surface area (TPSA) is 67.2 Å². The van der Waals surface area contributed by atoms with E-state index in [9.17, 15) is 8.42 Å². The highest BCUT2D eigenvalue weighted by atomic mass is 32.2. The fourth-order valence-corrected chi connectivity index (χ4v) is 3.83. The van der Waals surface area contributed by atoms with Crippen molar-refractivity contribution in [3.63, 3.8) is 0 Å². The number of sulfone groups is 1. The number of piperazine rings is 1. The molecule has 2 rings (SSSR count). The number of hydrogen-bond acceptors (Lipinski definition) is 5. The molecule has 1 aliphatic rings. The third-order valence-corrected chi connectivity index (χ3v) is 5.37. The highest BCUT2D eigenvalue weighted by molar-refractivity contribution is 7.91. The Hall–Kier alpha value is -0.920. The molecule has 19 heavy (non-hydrogen) atoms. The smallest absolute Gasteiger partial charge is 0.183 e. The molecule has 1 saturated heterocycles. The van der Waals surface area contributed by atoms with Crippen LogP contribution < -0.4 is 5.32 Å². The van der Waals surface area contributed by atoms with Crippen LogP contribution in [0.25, 0.3) is 0 Å². The van der Waals surface area contributed by atoms with Gasteiger partial charge in [-0.05, 0) is 13.8 Å². The van der Waals surface area contributed by atoms with Crippen LogP contribution >= 0.6 is 0 Å². The molecule has 1 aromatic heterocycles. The zero-order chi connectivity index (χ0) is 13.9. The van der Waals surface area contributed by atoms with Gasteiger partial charge in [0.2, 0.25) is 0 Å². The van der Waals surface area contributed by atoms with Gasteiger partial charge in [-0.2, -0.15) is 5.10 Å². The minimum Gasteiger partial charge on any atom is -0.314 e. The third-order valence-electron chi connectivity index (χ3n) is 3.58. The largest absolute Gasteiger partial charge is 0.314 e. The molecule has 0 bridgehead atoms. The van der Waals surface area contributed by atoms with Crippen molar-refractivity contribution in [2.45, 2.75) is 25.3 Å². The van der Waals surface area contributed by atoms with Crippen molar-refractivity contribution >= 4 is 9.84 Å². The summed E-state index contributed by atoms with van der Waals surface area (Å²) in [6.45, 7) is 8.77. The van der Waals surface area contributed by atoms with Crippen molar-refractivity contribution in [1.29, 1.82) is 0 Å². The maximum atomic E-state index is 12.3. The second-order valence-corrected chi connectivity index (χ2v) is 6.90. The van der Waals surface area contributed by atoms with Crippen molar-refractivity contribution in [3.8, 4) is 0 Å². The molecular formula is C12H22N4O2S. The highest BCUT2D eigenvalue weighted by Gasteiger charge is 2.22. The van der Waals surface area contributed by atoms with E-state index in [0.29, 0.717) is 18.0 Å². The van der Waals surface area contributed by atoms with Gasteiger partial charge >= 0.3 is 0 Å². The molecule has 2 heterocycles. The first-order valence-electron chi connectivity index (χ1n) is 6.73. The zero-order valence-corrected chi connectivity index (χ0v) is 12.4. The van der Waals surface area contributed by atoms with E-state index in [4.69, 9.17) is 0 Å². The summed E-state index contributed by atoms with van der Waals surface area (Å²) in [5.74, 6) is 0.170. The minimum absolute atomic E-state index is 0.170. The first-order chi connectivity index (χ1) is 9.04. The molecule has 1 aromatic rings. The van der Waals surface area contributed by atoms with Crippen LogP contribution in [0.15, 0.2) is 11.1 Å². The van der Waals surface area contributed by atoms with Crippen LogP contribution in [0.1, 0.15) is 12.6 Å². The lowest BCUT2D eigenvalue weighted by molar-refractivity contribution is 0.254. The van der Waals surface area contributed by atoms with Gasteiger partial charge in [-0.25, -0.2) is 8.42 Å². The lowest BCUT2D eigenvalue weighted by atomic mass is 10.4. The summed E-state index contributed by atoms with van der Waals surface area (Å²) in [4.78, 5) is 2.57. The Morgan fingerprint density at radius 2 is 2.05 bits per heavy atom. The molecule has 6 nitrogen and oxygen atoms in total. The number of rotatable bonds is 5. The molecule has 7 heteroatoms. The summed E-state index contributed by atoms with van der Waals surface area (Å²) in [7, 11) is -3.22. The number of nitrogens with one attached hydrogen (secondary N) is 1. The summed E-state index contributed by atoms with van der Waals surface area (Å²) < 4.78 is 26.4. The Labute approximate surface area is 114 Å². The van der Waals surface area contributed by atoms with Crippen molar-refractivity contribution in [2.75, 3.05) is 38.5 Å². The van der Waals surface area contributed by atoms with Crippen LogP contribution in [0.5, 0.6) is 0 Å². The summed E-state index contributed by atoms with van der Waals surface area (Å²) in [5, 5.41) is 7.37. The van der Waals surface area contributed by atoms with E-state index < -0.39 is 9.84 Å². The van der Waals surface area contributed by atoms with Crippen LogP contribution in [-0.4, -0.2) is 61.6 Å². The highest BCUT2D eigenvalue weighted by Crippen LogP contribution is 2.16. The van der Waals surface area contributed by atoms with E-state index in [-0.39, 0.29) is 5.75 Å². The van der Waals surface area contributed by atoms with Crippen LogP contribution in [0.2, 0.25) is 0 Å². The number of nitrogens with zero attached hydrogens (tertiary/aromatic N) is 3. The average molecular weight is 286 g/mol. The van der Waals surface area contributed by atoms with Gasteiger partial charge in [0.05, 0.1) is 17.6 Å². The van der Waals surface area contributed by atoms with Crippen LogP contribution in [0, 0.1) is 6.92 Å². The van der Waals surface area contributed by atoms with E-state index in [1.807, 2.05) is 13.8 Å². The first-order valence-corrected chi connectivity index (χ1v) is 8.38. The average Bonchev–Trinajstić information content (AvgIpc) is 2.79. The predicted molar refractivity (Wildman–Crippen MR) is 74.0 cm³/mol. The SMILES string of the molecule is CCn1ncc(S(=O)(=O)CCN2CCNCC2)c1C. The molecule has 0 aliphatic carbocycles. The monoisotopic (exact) mass is 286 g/mol. The van der Waals surface area contributed by atoms with Crippen molar-refractivity contribution in [1.82, 2.24) is 20.0 Å². The van der Waals surface area contributed by atoms with Crippen molar-refractivity contribution in [3.05, 3.63) is 11.9 Å². The Bertz CT molecular complexity index is 518. The molecule has 0 spiro atoms. The number of aryl methyl sites for hydroxylation is 1. The second-order valence-electron chi connectivity index (χ2n) is 4.82. The zero-order valence-electron chi connectivity index (χ0n) is 11.6. The Morgan fingerprint density at radius 1 is 1.37 bits per heavy atom. The maximum Gasteiger partial charge on any atom is 0.183 e. The lowest BCUT2D eigenvalue weighted by Gasteiger charge is -2.26. The van der Waals surface area contributed by atoms with Gasteiger partial charge in [0, 0.05) is 39.3 Å². The lowest BCUT2D eigenvalue weighted by Crippen LogP contribution is -2.45. The minimum atomic E-state index is -3.22. The molecular weight excluding hydrogens is 264 g/mol. The van der Waals surface area contributed by atoms with Crippen LogP contribution in [0.4, 0.5) is 0 Å². The molecule has 0 unspecified atom stereocenters. The molecule has 1 aliphatic heterocycles. The molecule has 0 saturated carbocycles. The van der Waals surface area contributed by atoms with Gasteiger partial charge < -0.3 is 5.32 Å². The van der Waals surface area contributed by atoms with Crippen molar-refractivity contribution in [2.24, 2.45) is 0 Å². The maximum absolute atomic E-state index is 12.3. The quantitative estimate of drug-likeness (QED) is 0.818. The second kappa shape index (κ2) is 6.02. The van der Waals surface area contributed by atoms with Gasteiger partial charge in [-0.1, -0.05) is 0 Å². The standard InChI is InChI=1S/C12H22N4O2S/c1-3-16-11(2)12(10-14-16)19(17,18)9-8-15-6-4-13-5-7-15/h10,13H,3-9H2,1-2H3. The third kappa shape index (κ3) is 3.34. The summed E-state index contributed by atoms with van der Waals surface area (Å²) in [5.41, 5.74) is 0.739. The molecule has 0 radical (unpaired) electrons. The van der Waals surface area contributed by atoms with E-state index in [1.165, 1.54) is 6.20 Å². The number of hydrogen-bond donors (Lipinski definition) is 1. The van der Waals surface area contributed by atoms with Gasteiger partial charge in [0.15, 0.2) is 9.84 Å². The summed E-state index contributed by atoms with van der Waals surface area (Å²) in [6.07, 6.45) is 1.48. The molecule has 0 amide bonds. The Balaban J connectivity index is 2.03. The van der Waals surface area contributed by atoms with Gasteiger partial charge in [-0.15, -0.1) is 0 Å². The molecule has 1 N–H and O–H groups in total. The van der Waals surface area contributed by atoms with Gasteiger partial charge in [-0.3, -0.25) is 9.58 Å². The predicted octanol–water partition coefficient (Wildman–Crippen LogP) is -0.110. The van der Waals surface area contributed by atoms with E-state index in [2.05, 4.69) is 15.3 Å². The van der Waals surface area contributed by atoms with Crippen LogP contribution in [-0.2, 0) is 16.4 Å². The number of aromatic nitrogens is 2. The first kappa shape index (κ1) is 14.5. The fourth-order valence-electron chi connectivity index (χ4n) is 2.35. The summed E-state index contributed by atoms with van der Waals surface area (Å²) >= 11 is 0. The normalized spacial score (nSPS) is 17.8. The van der Waals surface area contributed by atoms with Gasteiger partial charge in [0.25, 0.3) is 0 Å².